The molecule has 0 aliphatic heterocycles. The van der Waals surface area contributed by atoms with Crippen LogP contribution in [0, 0.1) is 0 Å². The Labute approximate surface area is 86.8 Å². The van der Waals surface area contributed by atoms with Crippen LogP contribution >= 0.6 is 0 Å². The highest BCUT2D eigenvalue weighted by Gasteiger charge is 1.97. The van der Waals surface area contributed by atoms with E-state index in [-0.39, 0.29) is 5.75 Å². The maximum atomic E-state index is 11.7. The van der Waals surface area contributed by atoms with E-state index in [9.17, 15) is 4.53 Å². The zero-order chi connectivity index (χ0) is 10.5. The van der Waals surface area contributed by atoms with E-state index in [4.69, 9.17) is 4.74 Å². The molecule has 0 saturated heterocycles. The largest absolute Gasteiger partial charge is 0.457 e. The SMILES string of the molecule is FOc1ccc(Oc2ccccc2)cc1. The molecule has 0 heterocycles. The zero-order valence-electron chi connectivity index (χ0n) is 7.89. The maximum Gasteiger partial charge on any atom is 0.172 e. The third-order valence-corrected chi connectivity index (χ3v) is 1.89. The molecule has 0 N–H and O–H groups in total. The first-order chi connectivity index (χ1) is 7.38. The number of benzene rings is 2. The summed E-state index contributed by atoms with van der Waals surface area (Å²) >= 11 is 0. The van der Waals surface area contributed by atoms with Gasteiger partial charge in [0.25, 0.3) is 0 Å². The summed E-state index contributed by atoms with van der Waals surface area (Å²) in [5.74, 6) is 1.55. The van der Waals surface area contributed by atoms with Crippen LogP contribution < -0.4 is 9.68 Å². The van der Waals surface area contributed by atoms with Gasteiger partial charge in [-0.1, -0.05) is 18.2 Å². The summed E-state index contributed by atoms with van der Waals surface area (Å²) in [6, 6.07) is 15.6. The molecule has 3 heteroatoms. The molecule has 0 unspecified atom stereocenters. The summed E-state index contributed by atoms with van der Waals surface area (Å²) in [4.78, 5) is 3.56. The summed E-state index contributed by atoms with van der Waals surface area (Å²) in [5.41, 5.74) is 0. The number of hydrogen-bond donors (Lipinski definition) is 0. The lowest BCUT2D eigenvalue weighted by Gasteiger charge is -2.04. The number of para-hydroxylation sites is 1. The van der Waals surface area contributed by atoms with Gasteiger partial charge in [-0.3, -0.25) is 4.94 Å². The van der Waals surface area contributed by atoms with Crippen molar-refractivity contribution in [1.29, 1.82) is 0 Å². The molecule has 0 aliphatic carbocycles. The van der Waals surface area contributed by atoms with E-state index in [0.29, 0.717) is 5.75 Å². The molecule has 0 radical (unpaired) electrons. The molecule has 0 aromatic heterocycles. The first kappa shape index (κ1) is 9.52. The van der Waals surface area contributed by atoms with Crippen LogP contribution in [0.2, 0.25) is 0 Å². The first-order valence-electron chi connectivity index (χ1n) is 4.50. The van der Waals surface area contributed by atoms with Crippen molar-refractivity contribution in [3.05, 3.63) is 54.6 Å². The van der Waals surface area contributed by atoms with Crippen LogP contribution in [0.5, 0.6) is 17.2 Å². The molecule has 2 rings (SSSR count). The normalized spacial score (nSPS) is 9.67. The van der Waals surface area contributed by atoms with Crippen LogP contribution in [0.15, 0.2) is 54.6 Å². The van der Waals surface area contributed by atoms with Crippen LogP contribution in [0.3, 0.4) is 0 Å². The van der Waals surface area contributed by atoms with E-state index in [1.807, 2.05) is 30.3 Å². The van der Waals surface area contributed by atoms with Gasteiger partial charge in [0.2, 0.25) is 0 Å². The second-order valence-corrected chi connectivity index (χ2v) is 2.96. The summed E-state index contributed by atoms with van der Waals surface area (Å²) in [6.07, 6.45) is 0. The van der Waals surface area contributed by atoms with Crippen molar-refractivity contribution in [3.8, 4) is 17.2 Å². The lowest BCUT2D eigenvalue weighted by molar-refractivity contribution is -0.00624. The summed E-state index contributed by atoms with van der Waals surface area (Å²) < 4.78 is 17.2. The van der Waals surface area contributed by atoms with E-state index < -0.39 is 0 Å². The quantitative estimate of drug-likeness (QED) is 0.758. The number of ether oxygens (including phenoxy) is 1. The second-order valence-electron chi connectivity index (χ2n) is 2.96. The van der Waals surface area contributed by atoms with Crippen molar-refractivity contribution in [2.45, 2.75) is 0 Å². The Morgan fingerprint density at radius 2 is 1.20 bits per heavy atom. The standard InChI is InChI=1S/C12H9FO2/c13-15-12-8-6-11(7-9-12)14-10-4-2-1-3-5-10/h1-9H. The number of rotatable bonds is 3. The average Bonchev–Trinajstić information content (AvgIpc) is 2.31. The zero-order valence-corrected chi connectivity index (χ0v) is 7.89. The fourth-order valence-electron chi connectivity index (χ4n) is 1.18. The summed E-state index contributed by atoms with van der Waals surface area (Å²) in [6.45, 7) is 0. The molecule has 76 valence electrons. The molecule has 0 fully saturated rings. The van der Waals surface area contributed by atoms with Gasteiger partial charge < -0.3 is 4.74 Å². The van der Waals surface area contributed by atoms with Gasteiger partial charge >= 0.3 is 0 Å². The van der Waals surface area contributed by atoms with Gasteiger partial charge in [-0.05, 0) is 36.4 Å². The summed E-state index contributed by atoms with van der Waals surface area (Å²) in [5, 5.41) is 0. The van der Waals surface area contributed by atoms with Gasteiger partial charge in [-0.15, -0.1) is 0 Å². The van der Waals surface area contributed by atoms with Crippen molar-refractivity contribution in [2.75, 3.05) is 0 Å². The molecule has 2 nitrogen and oxygen atoms in total. The van der Waals surface area contributed by atoms with Crippen LogP contribution in [-0.4, -0.2) is 0 Å². The van der Waals surface area contributed by atoms with Gasteiger partial charge in [-0.25, -0.2) is 0 Å². The van der Waals surface area contributed by atoms with Crippen molar-refractivity contribution >= 4 is 0 Å². The fraction of sp³-hybridized carbons (Fsp3) is 0. The van der Waals surface area contributed by atoms with Gasteiger partial charge in [0, 0.05) is 4.53 Å². The second kappa shape index (κ2) is 4.46. The Balaban J connectivity index is 2.11. The number of halogens is 1. The molecule has 15 heavy (non-hydrogen) atoms. The fourth-order valence-corrected chi connectivity index (χ4v) is 1.18. The minimum absolute atomic E-state index is 0.162. The molecule has 0 spiro atoms. The van der Waals surface area contributed by atoms with Crippen LogP contribution in [0.1, 0.15) is 0 Å². The van der Waals surface area contributed by atoms with Crippen LogP contribution in [0.4, 0.5) is 4.53 Å². The molecule has 0 saturated carbocycles. The van der Waals surface area contributed by atoms with Gasteiger partial charge in [0.05, 0.1) is 0 Å². The average molecular weight is 204 g/mol. The van der Waals surface area contributed by atoms with Crippen molar-refractivity contribution in [3.63, 3.8) is 0 Å². The molecule has 0 atom stereocenters. The Hall–Kier alpha value is -2.03. The Kier molecular flexibility index (Phi) is 2.83. The van der Waals surface area contributed by atoms with E-state index in [1.165, 1.54) is 12.1 Å². The third kappa shape index (κ3) is 2.47. The van der Waals surface area contributed by atoms with Crippen molar-refractivity contribution < 1.29 is 14.2 Å². The predicted molar refractivity (Wildman–Crippen MR) is 54.7 cm³/mol. The van der Waals surface area contributed by atoms with Crippen molar-refractivity contribution in [1.82, 2.24) is 0 Å². The van der Waals surface area contributed by atoms with Gasteiger partial charge in [-0.2, -0.15) is 0 Å². The topological polar surface area (TPSA) is 18.5 Å². The number of hydrogen-bond acceptors (Lipinski definition) is 2. The predicted octanol–water partition coefficient (Wildman–Crippen LogP) is 3.74. The van der Waals surface area contributed by atoms with Gasteiger partial charge in [0.15, 0.2) is 5.75 Å². The Morgan fingerprint density at radius 3 is 1.80 bits per heavy atom. The molecule has 0 bridgehead atoms. The minimum atomic E-state index is 0.162. The minimum Gasteiger partial charge on any atom is -0.457 e. The smallest absolute Gasteiger partial charge is 0.172 e. The molecule has 0 amide bonds. The Morgan fingerprint density at radius 1 is 0.667 bits per heavy atom. The van der Waals surface area contributed by atoms with Crippen molar-refractivity contribution in [2.24, 2.45) is 0 Å². The summed E-state index contributed by atoms with van der Waals surface area (Å²) in [7, 11) is 0. The van der Waals surface area contributed by atoms with Gasteiger partial charge in [0.1, 0.15) is 11.5 Å². The van der Waals surface area contributed by atoms with E-state index in [0.717, 1.165) is 5.75 Å². The first-order valence-corrected chi connectivity index (χ1v) is 4.50. The highest BCUT2D eigenvalue weighted by molar-refractivity contribution is 5.34. The Bertz CT molecular complexity index is 411. The highest BCUT2D eigenvalue weighted by atomic mass is 19.3. The molecular formula is C12H9FO2. The highest BCUT2D eigenvalue weighted by Crippen LogP contribution is 2.23. The van der Waals surface area contributed by atoms with Crippen LogP contribution in [0.25, 0.3) is 0 Å². The van der Waals surface area contributed by atoms with E-state index in [2.05, 4.69) is 4.94 Å². The maximum absolute atomic E-state index is 11.7. The molecular weight excluding hydrogens is 195 g/mol. The van der Waals surface area contributed by atoms with E-state index in [1.54, 1.807) is 12.1 Å². The molecule has 2 aromatic carbocycles. The molecule has 0 aliphatic rings. The van der Waals surface area contributed by atoms with E-state index >= 15 is 0 Å². The lowest BCUT2D eigenvalue weighted by Crippen LogP contribution is -1.83. The molecule has 2 aromatic rings. The lowest BCUT2D eigenvalue weighted by atomic mass is 10.3. The third-order valence-electron chi connectivity index (χ3n) is 1.89. The monoisotopic (exact) mass is 204 g/mol. The van der Waals surface area contributed by atoms with Crippen LogP contribution in [-0.2, 0) is 0 Å².